The van der Waals surface area contributed by atoms with E-state index in [0.29, 0.717) is 10.2 Å². The van der Waals surface area contributed by atoms with Gasteiger partial charge in [-0.25, -0.2) is 4.39 Å². The number of H-pyrrole nitrogens is 1. The number of hydrogen-bond donors (Lipinski definition) is 1. The van der Waals surface area contributed by atoms with Crippen LogP contribution in [0.1, 0.15) is 0 Å². The molecule has 0 fully saturated rings. The fourth-order valence-electron chi connectivity index (χ4n) is 2.48. The van der Waals surface area contributed by atoms with E-state index < -0.39 is 0 Å². The number of benzene rings is 2. The molecule has 1 N–H and O–H groups in total. The maximum Gasteiger partial charge on any atom is 0.266 e. The summed E-state index contributed by atoms with van der Waals surface area (Å²) < 4.78 is 15.2. The highest BCUT2D eigenvalue weighted by Crippen LogP contribution is 2.35. The molecule has 4 rings (SSSR count). The number of fused-ring (bicyclic) bond motifs is 5. The standard InChI is InChI=1S/C15H8FNOS/c16-8-5-6-11-10(7-8)13-9-3-1-2-4-12(9)19-14(13)15(18)17-11/h1-7H,(H,17,18). The zero-order valence-electron chi connectivity index (χ0n) is 9.74. The third kappa shape index (κ3) is 1.43. The van der Waals surface area contributed by atoms with Crippen LogP contribution < -0.4 is 5.56 Å². The largest absolute Gasteiger partial charge is 0.321 e. The van der Waals surface area contributed by atoms with Gasteiger partial charge in [0.1, 0.15) is 10.5 Å². The van der Waals surface area contributed by atoms with E-state index in [-0.39, 0.29) is 11.4 Å². The maximum atomic E-state index is 13.5. The van der Waals surface area contributed by atoms with Crippen LogP contribution in [0.25, 0.3) is 31.1 Å². The molecular weight excluding hydrogens is 261 g/mol. The highest BCUT2D eigenvalue weighted by atomic mass is 32.1. The van der Waals surface area contributed by atoms with E-state index in [0.717, 1.165) is 20.9 Å². The molecule has 0 aliphatic rings. The average Bonchev–Trinajstić information content (AvgIpc) is 2.80. The highest BCUT2D eigenvalue weighted by molar-refractivity contribution is 7.25. The molecule has 2 aromatic heterocycles. The van der Waals surface area contributed by atoms with Crippen molar-refractivity contribution >= 4 is 42.4 Å². The van der Waals surface area contributed by atoms with E-state index in [1.807, 2.05) is 24.3 Å². The van der Waals surface area contributed by atoms with E-state index in [1.54, 1.807) is 6.07 Å². The lowest BCUT2D eigenvalue weighted by Crippen LogP contribution is -2.04. The minimum absolute atomic E-state index is 0.115. The first-order valence-corrected chi connectivity index (χ1v) is 6.68. The molecule has 0 aliphatic carbocycles. The lowest BCUT2D eigenvalue weighted by Gasteiger charge is -2.00. The molecule has 0 unspecified atom stereocenters. The molecule has 4 aromatic rings. The van der Waals surface area contributed by atoms with Gasteiger partial charge in [0.05, 0.1) is 0 Å². The van der Waals surface area contributed by atoms with Crippen LogP contribution in [0.15, 0.2) is 47.3 Å². The fourth-order valence-corrected chi connectivity index (χ4v) is 3.60. The van der Waals surface area contributed by atoms with Gasteiger partial charge in [-0.3, -0.25) is 4.79 Å². The summed E-state index contributed by atoms with van der Waals surface area (Å²) in [6.07, 6.45) is 0. The monoisotopic (exact) mass is 269 g/mol. The second-order valence-electron chi connectivity index (χ2n) is 4.45. The molecule has 0 saturated heterocycles. The predicted molar refractivity (Wildman–Crippen MR) is 77.4 cm³/mol. The summed E-state index contributed by atoms with van der Waals surface area (Å²) in [7, 11) is 0. The van der Waals surface area contributed by atoms with E-state index in [1.165, 1.54) is 23.5 Å². The molecule has 0 bridgehead atoms. The van der Waals surface area contributed by atoms with E-state index in [4.69, 9.17) is 0 Å². The molecule has 0 spiro atoms. The van der Waals surface area contributed by atoms with Crippen LogP contribution in [0.3, 0.4) is 0 Å². The molecule has 19 heavy (non-hydrogen) atoms. The summed E-state index contributed by atoms with van der Waals surface area (Å²) >= 11 is 1.44. The molecule has 2 nitrogen and oxygen atoms in total. The predicted octanol–water partition coefficient (Wildman–Crippen LogP) is 4.04. The maximum absolute atomic E-state index is 13.5. The van der Waals surface area contributed by atoms with Crippen molar-refractivity contribution in [1.29, 1.82) is 0 Å². The quantitative estimate of drug-likeness (QED) is 0.513. The minimum Gasteiger partial charge on any atom is -0.321 e. The lowest BCUT2D eigenvalue weighted by molar-refractivity contribution is 0.629. The third-order valence-corrected chi connectivity index (χ3v) is 4.47. The lowest BCUT2D eigenvalue weighted by atomic mass is 10.1. The Morgan fingerprint density at radius 2 is 1.89 bits per heavy atom. The van der Waals surface area contributed by atoms with Crippen LogP contribution >= 0.6 is 11.3 Å². The van der Waals surface area contributed by atoms with E-state index in [2.05, 4.69) is 4.98 Å². The van der Waals surface area contributed by atoms with Gasteiger partial charge in [0, 0.05) is 26.4 Å². The van der Waals surface area contributed by atoms with Crippen LogP contribution in [-0.2, 0) is 0 Å². The summed E-state index contributed by atoms with van der Waals surface area (Å²) in [6.45, 7) is 0. The van der Waals surface area contributed by atoms with Crippen molar-refractivity contribution in [2.45, 2.75) is 0 Å². The molecule has 0 radical (unpaired) electrons. The Hall–Kier alpha value is -2.20. The van der Waals surface area contributed by atoms with Gasteiger partial charge in [-0.15, -0.1) is 11.3 Å². The average molecular weight is 269 g/mol. The molecular formula is C15H8FNOS. The first kappa shape index (κ1) is 10.7. The van der Waals surface area contributed by atoms with Crippen LogP contribution in [-0.4, -0.2) is 4.98 Å². The summed E-state index contributed by atoms with van der Waals surface area (Å²) in [5.41, 5.74) is 0.553. The third-order valence-electron chi connectivity index (χ3n) is 3.30. The van der Waals surface area contributed by atoms with Crippen molar-refractivity contribution in [2.75, 3.05) is 0 Å². The first-order valence-electron chi connectivity index (χ1n) is 5.87. The van der Waals surface area contributed by atoms with Crippen molar-refractivity contribution in [1.82, 2.24) is 4.98 Å². The Bertz CT molecular complexity index is 999. The Balaban J connectivity index is 2.42. The van der Waals surface area contributed by atoms with Gasteiger partial charge in [-0.2, -0.15) is 0 Å². The van der Waals surface area contributed by atoms with Gasteiger partial charge in [-0.1, -0.05) is 18.2 Å². The number of aromatic amines is 1. The van der Waals surface area contributed by atoms with Crippen molar-refractivity contribution in [2.24, 2.45) is 0 Å². The molecule has 2 aromatic carbocycles. The van der Waals surface area contributed by atoms with E-state index in [9.17, 15) is 9.18 Å². The summed E-state index contributed by atoms with van der Waals surface area (Å²) in [4.78, 5) is 14.9. The number of halogens is 1. The highest BCUT2D eigenvalue weighted by Gasteiger charge is 2.12. The minimum atomic E-state index is -0.295. The van der Waals surface area contributed by atoms with Gasteiger partial charge in [0.2, 0.25) is 0 Å². The van der Waals surface area contributed by atoms with Crippen molar-refractivity contribution in [3.63, 3.8) is 0 Å². The molecule has 0 aliphatic heterocycles. The summed E-state index contributed by atoms with van der Waals surface area (Å²) in [5.74, 6) is -0.295. The first-order chi connectivity index (χ1) is 9.24. The Kier molecular flexibility index (Phi) is 2.05. The van der Waals surface area contributed by atoms with Gasteiger partial charge in [0.15, 0.2) is 0 Å². The second-order valence-corrected chi connectivity index (χ2v) is 5.50. The topological polar surface area (TPSA) is 32.9 Å². The zero-order chi connectivity index (χ0) is 13.0. The van der Waals surface area contributed by atoms with Gasteiger partial charge >= 0.3 is 0 Å². The number of rotatable bonds is 0. The van der Waals surface area contributed by atoms with Crippen molar-refractivity contribution in [3.8, 4) is 0 Å². The number of nitrogens with one attached hydrogen (secondary N) is 1. The van der Waals surface area contributed by atoms with Crippen LogP contribution in [0, 0.1) is 5.82 Å². The van der Waals surface area contributed by atoms with Gasteiger partial charge in [0.25, 0.3) is 5.56 Å². The summed E-state index contributed by atoms with van der Waals surface area (Å²) in [5, 5.41) is 2.61. The summed E-state index contributed by atoms with van der Waals surface area (Å²) in [6, 6.07) is 12.3. The molecule has 0 saturated carbocycles. The van der Waals surface area contributed by atoms with Crippen LogP contribution in [0.4, 0.5) is 4.39 Å². The Morgan fingerprint density at radius 3 is 2.79 bits per heavy atom. The number of thiophene rings is 1. The SMILES string of the molecule is O=c1[nH]c2ccc(F)cc2c2c1sc1ccccc12. The molecule has 2 heterocycles. The smallest absolute Gasteiger partial charge is 0.266 e. The van der Waals surface area contributed by atoms with E-state index >= 15 is 0 Å². The Labute approximate surface area is 111 Å². The number of pyridine rings is 1. The fraction of sp³-hybridized carbons (Fsp3) is 0. The van der Waals surface area contributed by atoms with Gasteiger partial charge in [-0.05, 0) is 24.3 Å². The normalized spacial score (nSPS) is 11.6. The molecule has 92 valence electrons. The second kappa shape index (κ2) is 3.65. The van der Waals surface area contributed by atoms with Gasteiger partial charge < -0.3 is 4.98 Å². The van der Waals surface area contributed by atoms with Crippen LogP contribution in [0.5, 0.6) is 0 Å². The molecule has 0 amide bonds. The number of aromatic nitrogens is 1. The van der Waals surface area contributed by atoms with Crippen molar-refractivity contribution < 1.29 is 4.39 Å². The molecule has 4 heteroatoms. The van der Waals surface area contributed by atoms with Crippen LogP contribution in [0.2, 0.25) is 0 Å². The zero-order valence-corrected chi connectivity index (χ0v) is 10.6. The Morgan fingerprint density at radius 1 is 1.05 bits per heavy atom. The molecule has 0 atom stereocenters. The number of hydrogen-bond acceptors (Lipinski definition) is 2. The van der Waals surface area contributed by atoms with Crippen molar-refractivity contribution in [3.05, 3.63) is 58.6 Å².